The number of likely N-dealkylation sites (tertiary alicyclic amines) is 1. The number of hydrogen-bond acceptors (Lipinski definition) is 4. The first-order valence-electron chi connectivity index (χ1n) is 10.6. The monoisotopic (exact) mass is 446 g/mol. The Labute approximate surface area is 183 Å². The first kappa shape index (κ1) is 27.4. The van der Waals surface area contributed by atoms with Gasteiger partial charge in [-0.2, -0.15) is 13.2 Å². The number of hydrogen-bond donors (Lipinski definition) is 2. The van der Waals surface area contributed by atoms with E-state index >= 15 is 0 Å². The van der Waals surface area contributed by atoms with Crippen LogP contribution in [-0.4, -0.2) is 60.2 Å². The summed E-state index contributed by atoms with van der Waals surface area (Å²) in [5, 5.41) is 15.4. The predicted molar refractivity (Wildman–Crippen MR) is 116 cm³/mol. The molecule has 3 aliphatic rings. The van der Waals surface area contributed by atoms with Crippen LogP contribution in [0.15, 0.2) is 24.3 Å². The molecule has 2 atom stereocenters. The van der Waals surface area contributed by atoms with E-state index in [1.807, 2.05) is 17.1 Å². The average Bonchev–Trinajstić information content (AvgIpc) is 3.04. The Morgan fingerprint density at radius 3 is 2.32 bits per heavy atom. The van der Waals surface area contributed by atoms with Gasteiger partial charge in [-0.25, -0.2) is 0 Å². The fourth-order valence-corrected chi connectivity index (χ4v) is 4.28. The lowest BCUT2D eigenvalue weighted by atomic mass is 9.76. The molecular weight excluding hydrogens is 409 g/mol. The number of nitrogens with zero attached hydrogens (tertiary/aromatic N) is 1. The molecule has 2 heterocycles. The van der Waals surface area contributed by atoms with Crippen molar-refractivity contribution in [3.8, 4) is 0 Å². The smallest absolute Gasteiger partial charge is 0.394 e. The van der Waals surface area contributed by atoms with Gasteiger partial charge in [0.1, 0.15) is 0 Å². The number of allylic oxidation sites excluding steroid dienone is 3. The van der Waals surface area contributed by atoms with E-state index in [-0.39, 0.29) is 24.9 Å². The van der Waals surface area contributed by atoms with Crippen molar-refractivity contribution < 1.29 is 27.8 Å². The maximum absolute atomic E-state index is 12.0. The van der Waals surface area contributed by atoms with Gasteiger partial charge in [0.2, 0.25) is 5.91 Å². The Bertz CT molecular complexity index is 622. The van der Waals surface area contributed by atoms with Crippen LogP contribution in [0.1, 0.15) is 52.9 Å². The number of carbonyl (C=O) groups excluding carboxylic acids is 1. The number of carbonyl (C=O) groups is 1. The molecule has 0 aromatic carbocycles. The molecule has 8 heteroatoms. The SMILES string of the molecule is C.CC(=O)N1CCC2(CC1)CC(/C=C/C=C\C=N)CO2.OCC(C1CCC1)C(F)(F)F. The summed E-state index contributed by atoms with van der Waals surface area (Å²) < 4.78 is 42.1. The summed E-state index contributed by atoms with van der Waals surface area (Å²) in [7, 11) is 0. The van der Waals surface area contributed by atoms with Crippen LogP contribution in [0.25, 0.3) is 0 Å². The number of piperidine rings is 1. The van der Waals surface area contributed by atoms with Crippen LogP contribution in [0.3, 0.4) is 0 Å². The van der Waals surface area contributed by atoms with Crippen LogP contribution in [0.5, 0.6) is 0 Å². The third-order valence-electron chi connectivity index (χ3n) is 6.40. The number of rotatable bonds is 5. The molecule has 0 aromatic rings. The van der Waals surface area contributed by atoms with E-state index in [2.05, 4.69) is 6.08 Å². The maximum atomic E-state index is 12.0. The van der Waals surface area contributed by atoms with E-state index in [0.717, 1.165) is 45.4 Å². The van der Waals surface area contributed by atoms with Crippen molar-refractivity contribution in [3.05, 3.63) is 24.3 Å². The molecule has 3 fully saturated rings. The molecule has 31 heavy (non-hydrogen) atoms. The fraction of sp³-hybridized carbons (Fsp3) is 0.739. The molecule has 2 aliphatic heterocycles. The number of aliphatic hydroxyl groups is 1. The van der Waals surface area contributed by atoms with E-state index in [1.54, 1.807) is 13.0 Å². The van der Waals surface area contributed by atoms with Crippen LogP contribution in [0.4, 0.5) is 13.2 Å². The van der Waals surface area contributed by atoms with Crippen LogP contribution in [-0.2, 0) is 9.53 Å². The topological polar surface area (TPSA) is 73.6 Å². The Hall–Kier alpha value is -1.67. The van der Waals surface area contributed by atoms with Gasteiger partial charge >= 0.3 is 6.18 Å². The third kappa shape index (κ3) is 8.07. The minimum Gasteiger partial charge on any atom is -0.396 e. The van der Waals surface area contributed by atoms with Crippen molar-refractivity contribution in [1.29, 1.82) is 5.41 Å². The van der Waals surface area contributed by atoms with Crippen molar-refractivity contribution in [1.82, 2.24) is 4.90 Å². The fourth-order valence-electron chi connectivity index (χ4n) is 4.28. The third-order valence-corrected chi connectivity index (χ3v) is 6.40. The minimum atomic E-state index is -4.21. The van der Waals surface area contributed by atoms with Crippen molar-refractivity contribution >= 4 is 12.1 Å². The summed E-state index contributed by atoms with van der Waals surface area (Å²) >= 11 is 0. The van der Waals surface area contributed by atoms with Crippen molar-refractivity contribution in [3.63, 3.8) is 0 Å². The van der Waals surface area contributed by atoms with E-state index < -0.39 is 18.7 Å². The minimum absolute atomic E-state index is 0. The Morgan fingerprint density at radius 1 is 1.26 bits per heavy atom. The van der Waals surface area contributed by atoms with E-state index in [0.29, 0.717) is 18.8 Å². The number of ether oxygens (including phenoxy) is 1. The van der Waals surface area contributed by atoms with Gasteiger partial charge in [-0.3, -0.25) is 4.79 Å². The molecule has 2 unspecified atom stereocenters. The molecule has 1 amide bonds. The zero-order valence-corrected chi connectivity index (χ0v) is 17.5. The number of nitrogens with one attached hydrogen (secondary N) is 1. The van der Waals surface area contributed by atoms with Crippen LogP contribution in [0, 0.1) is 23.2 Å². The van der Waals surface area contributed by atoms with Crippen molar-refractivity contribution in [2.45, 2.75) is 64.7 Å². The lowest BCUT2D eigenvalue weighted by molar-refractivity contribution is -0.205. The highest BCUT2D eigenvalue weighted by atomic mass is 19.4. The highest BCUT2D eigenvalue weighted by Gasteiger charge is 2.45. The molecule has 2 saturated heterocycles. The number of halogens is 3. The number of alkyl halides is 3. The Kier molecular flexibility index (Phi) is 10.9. The standard InChI is InChI=1S/C15H22N2O2.C7H11F3O.CH4/c1-13(18)17-9-6-15(7-10-17)11-14(12-19-15)5-3-2-4-8-16;8-7(9,10)6(4-11)5-2-1-3-5;/h2-5,8,14,16H,6-7,9-12H2,1H3;5-6,11H,1-4H2;1H4/b4-2-,5-3+,16-8?;;. The Balaban J connectivity index is 0.000000344. The molecule has 1 spiro atoms. The summed E-state index contributed by atoms with van der Waals surface area (Å²) in [6.45, 7) is 3.29. The second kappa shape index (κ2) is 12.4. The van der Waals surface area contributed by atoms with Crippen LogP contribution >= 0.6 is 0 Å². The molecule has 0 radical (unpaired) electrons. The first-order valence-corrected chi connectivity index (χ1v) is 10.6. The van der Waals surface area contributed by atoms with Crippen molar-refractivity contribution in [2.24, 2.45) is 17.8 Å². The average molecular weight is 447 g/mol. The number of aliphatic hydroxyl groups excluding tert-OH is 1. The molecule has 2 N–H and O–H groups in total. The summed E-state index contributed by atoms with van der Waals surface area (Å²) in [4.78, 5) is 13.2. The van der Waals surface area contributed by atoms with Crippen molar-refractivity contribution in [2.75, 3.05) is 26.3 Å². The molecule has 3 rings (SSSR count). The number of amides is 1. The first-order chi connectivity index (χ1) is 14.2. The molecule has 5 nitrogen and oxygen atoms in total. The molecule has 0 bridgehead atoms. The largest absolute Gasteiger partial charge is 0.396 e. The summed E-state index contributed by atoms with van der Waals surface area (Å²) in [5.41, 5.74) is -0.00772. The summed E-state index contributed by atoms with van der Waals surface area (Å²) in [5.74, 6) is -1.17. The highest BCUT2D eigenvalue weighted by molar-refractivity contribution is 5.73. The molecule has 178 valence electrons. The van der Waals surface area contributed by atoms with Gasteiger partial charge in [0, 0.05) is 32.1 Å². The van der Waals surface area contributed by atoms with E-state index in [1.165, 1.54) is 6.21 Å². The Morgan fingerprint density at radius 2 is 1.90 bits per heavy atom. The quantitative estimate of drug-likeness (QED) is 0.472. The van der Waals surface area contributed by atoms with E-state index in [4.69, 9.17) is 15.3 Å². The van der Waals surface area contributed by atoms with Gasteiger partial charge in [-0.1, -0.05) is 32.1 Å². The highest BCUT2D eigenvalue weighted by Crippen LogP contribution is 2.42. The summed E-state index contributed by atoms with van der Waals surface area (Å²) in [6.07, 6.45) is 9.84. The molecule has 1 aliphatic carbocycles. The zero-order valence-electron chi connectivity index (χ0n) is 17.5. The van der Waals surface area contributed by atoms with Gasteiger partial charge in [0.25, 0.3) is 0 Å². The molecule has 0 aromatic heterocycles. The maximum Gasteiger partial charge on any atom is 0.394 e. The molecular formula is C23H37F3N2O3. The van der Waals surface area contributed by atoms with E-state index in [9.17, 15) is 18.0 Å². The molecule has 1 saturated carbocycles. The normalized spacial score (nSPS) is 24.4. The summed E-state index contributed by atoms with van der Waals surface area (Å²) in [6, 6.07) is 0. The lowest BCUT2D eigenvalue weighted by Gasteiger charge is -2.38. The zero-order chi connectivity index (χ0) is 22.2. The van der Waals surface area contributed by atoms with Gasteiger partial charge in [0.15, 0.2) is 0 Å². The second-order valence-electron chi connectivity index (χ2n) is 8.42. The van der Waals surface area contributed by atoms with Gasteiger partial charge in [-0.15, -0.1) is 0 Å². The predicted octanol–water partition coefficient (Wildman–Crippen LogP) is 4.76. The van der Waals surface area contributed by atoms with Crippen LogP contribution in [0.2, 0.25) is 0 Å². The van der Waals surface area contributed by atoms with Gasteiger partial charge in [-0.05, 0) is 44.1 Å². The van der Waals surface area contributed by atoms with Gasteiger partial charge in [0.05, 0.1) is 24.7 Å². The van der Waals surface area contributed by atoms with Gasteiger partial charge < -0.3 is 20.2 Å². The second-order valence-corrected chi connectivity index (χ2v) is 8.42. The van der Waals surface area contributed by atoms with Crippen LogP contribution < -0.4 is 0 Å². The lowest BCUT2D eigenvalue weighted by Crippen LogP contribution is -2.45.